The first-order valence-corrected chi connectivity index (χ1v) is 22.3. The van der Waals surface area contributed by atoms with Gasteiger partial charge >= 0.3 is 11.9 Å². The van der Waals surface area contributed by atoms with Crippen LogP contribution >= 0.6 is 0 Å². The topological polar surface area (TPSA) is 231 Å². The second-order valence-electron chi connectivity index (χ2n) is 15.9. The fraction of sp³-hybridized carbons (Fsp3) is 0.907. The van der Waals surface area contributed by atoms with Crippen molar-refractivity contribution in [2.24, 2.45) is 0 Å². The van der Waals surface area contributed by atoms with Crippen LogP contribution < -0.4 is 0 Å². The molecule has 11 atom stereocenters. The summed E-state index contributed by atoms with van der Waals surface area (Å²) in [5, 5.41) is 71.7. The number of unbranched alkanes of at least 4 members (excludes halogenated alkanes) is 17. The van der Waals surface area contributed by atoms with Gasteiger partial charge in [-0.05, 0) is 38.5 Å². The van der Waals surface area contributed by atoms with E-state index in [0.29, 0.717) is 12.8 Å². The molecule has 2 fully saturated rings. The smallest absolute Gasteiger partial charge is 0.306 e. The maximum absolute atomic E-state index is 12.9. The zero-order valence-electron chi connectivity index (χ0n) is 35.3. The Balaban J connectivity index is 1.85. The molecule has 58 heavy (non-hydrogen) atoms. The van der Waals surface area contributed by atoms with Crippen LogP contribution in [-0.4, -0.2) is 142 Å². The molecule has 15 nitrogen and oxygen atoms in total. The Hall–Kier alpha value is -1.76. The zero-order chi connectivity index (χ0) is 42.5. The molecule has 2 saturated heterocycles. The highest BCUT2D eigenvalue weighted by Gasteiger charge is 2.47. The summed E-state index contributed by atoms with van der Waals surface area (Å²) < 4.78 is 33.3. The second-order valence-corrected chi connectivity index (χ2v) is 15.9. The highest BCUT2D eigenvalue weighted by molar-refractivity contribution is 5.70. The lowest BCUT2D eigenvalue weighted by atomic mass is 9.98. The molecule has 2 aliphatic heterocycles. The van der Waals surface area contributed by atoms with E-state index < -0.39 is 92.7 Å². The van der Waals surface area contributed by atoms with E-state index in [1.54, 1.807) is 0 Å². The van der Waals surface area contributed by atoms with Gasteiger partial charge < -0.3 is 64.2 Å². The Labute approximate surface area is 346 Å². The van der Waals surface area contributed by atoms with Crippen LogP contribution in [0.25, 0.3) is 0 Å². The number of hydrogen-bond acceptors (Lipinski definition) is 15. The number of carbonyl (C=O) groups is 2. The molecule has 0 bridgehead atoms. The van der Waals surface area contributed by atoms with Crippen LogP contribution in [0.15, 0.2) is 12.2 Å². The van der Waals surface area contributed by atoms with Crippen molar-refractivity contribution in [3.05, 3.63) is 12.2 Å². The van der Waals surface area contributed by atoms with Gasteiger partial charge in [0.15, 0.2) is 18.7 Å². The fourth-order valence-corrected chi connectivity index (χ4v) is 6.97. The van der Waals surface area contributed by atoms with Crippen molar-refractivity contribution < 1.29 is 73.8 Å². The molecule has 340 valence electrons. The number of rotatable bonds is 33. The number of carbonyl (C=O) groups excluding carboxylic acids is 2. The Kier molecular flexibility index (Phi) is 28.9. The van der Waals surface area contributed by atoms with Crippen LogP contribution in [0.2, 0.25) is 0 Å². The Morgan fingerprint density at radius 1 is 0.534 bits per heavy atom. The van der Waals surface area contributed by atoms with Crippen LogP contribution in [0, 0.1) is 0 Å². The molecule has 0 saturated carbocycles. The number of hydrogen-bond donors (Lipinski definition) is 7. The normalized spacial score (nSPS) is 28.2. The molecule has 0 aromatic heterocycles. The summed E-state index contributed by atoms with van der Waals surface area (Å²) in [6.07, 6.45) is 9.98. The molecule has 0 aliphatic carbocycles. The van der Waals surface area contributed by atoms with E-state index in [1.165, 1.54) is 51.4 Å². The molecule has 7 N–H and O–H groups in total. The van der Waals surface area contributed by atoms with Gasteiger partial charge in [-0.15, -0.1) is 0 Å². The summed E-state index contributed by atoms with van der Waals surface area (Å²) in [7, 11) is 0. The summed E-state index contributed by atoms with van der Waals surface area (Å²) in [5.74, 6) is -0.939. The minimum Gasteiger partial charge on any atom is -0.462 e. The average Bonchev–Trinajstić information content (AvgIpc) is 3.21. The number of aliphatic hydroxyl groups excluding tert-OH is 7. The van der Waals surface area contributed by atoms with Gasteiger partial charge in [0.1, 0.15) is 55.4 Å². The predicted molar refractivity (Wildman–Crippen MR) is 215 cm³/mol. The van der Waals surface area contributed by atoms with E-state index in [1.807, 2.05) is 0 Å². The first-order valence-electron chi connectivity index (χ1n) is 22.3. The maximum Gasteiger partial charge on any atom is 0.306 e. The van der Waals surface area contributed by atoms with Crippen molar-refractivity contribution >= 4 is 11.9 Å². The second kappa shape index (κ2) is 32.0. The Bertz CT molecular complexity index is 1080. The molecule has 15 heteroatoms. The van der Waals surface area contributed by atoms with Gasteiger partial charge in [-0.25, -0.2) is 0 Å². The molecular weight excluding hydrogens is 756 g/mol. The van der Waals surface area contributed by atoms with Crippen molar-refractivity contribution in [2.75, 3.05) is 26.4 Å². The molecular formula is C43H78O15. The van der Waals surface area contributed by atoms with E-state index in [9.17, 15) is 45.3 Å². The zero-order valence-corrected chi connectivity index (χ0v) is 35.3. The largest absolute Gasteiger partial charge is 0.462 e. The van der Waals surface area contributed by atoms with Crippen molar-refractivity contribution in [1.82, 2.24) is 0 Å². The van der Waals surface area contributed by atoms with Gasteiger partial charge in [0.2, 0.25) is 0 Å². The lowest BCUT2D eigenvalue weighted by Crippen LogP contribution is -2.61. The first kappa shape index (κ1) is 52.4. The lowest BCUT2D eigenvalue weighted by molar-refractivity contribution is -0.332. The van der Waals surface area contributed by atoms with Gasteiger partial charge in [-0.2, -0.15) is 0 Å². The summed E-state index contributed by atoms with van der Waals surface area (Å²) in [4.78, 5) is 25.4. The molecule has 2 aliphatic rings. The van der Waals surface area contributed by atoms with E-state index >= 15 is 0 Å². The third kappa shape index (κ3) is 21.2. The number of ether oxygens (including phenoxy) is 6. The van der Waals surface area contributed by atoms with Crippen molar-refractivity contribution in [3.8, 4) is 0 Å². The summed E-state index contributed by atoms with van der Waals surface area (Å²) in [6.45, 7) is 2.50. The molecule has 2 heterocycles. The molecule has 0 radical (unpaired) electrons. The van der Waals surface area contributed by atoms with E-state index in [2.05, 4.69) is 26.0 Å². The Morgan fingerprint density at radius 2 is 0.983 bits per heavy atom. The SMILES string of the molecule is CCCCCCCC/C=C/CCCCCCCC(=O)O[C@H](COC(=O)CCCCCCCCC)CO[C@@H]1O[C@H](CO[C@@H]2O[C@H](CO)[C@H](O)C(O)C2O)[C@H](O)C(O)C1O. The van der Waals surface area contributed by atoms with Crippen LogP contribution in [0.5, 0.6) is 0 Å². The summed E-state index contributed by atoms with van der Waals surface area (Å²) in [5.41, 5.74) is 0. The van der Waals surface area contributed by atoms with Crippen molar-refractivity contribution in [2.45, 2.75) is 223 Å². The van der Waals surface area contributed by atoms with Crippen LogP contribution in [0.1, 0.15) is 155 Å². The number of allylic oxidation sites excluding steroid dienone is 2. The highest BCUT2D eigenvalue weighted by Crippen LogP contribution is 2.26. The molecule has 4 unspecified atom stereocenters. The number of esters is 2. The summed E-state index contributed by atoms with van der Waals surface area (Å²) in [6, 6.07) is 0. The predicted octanol–water partition coefficient (Wildman–Crippen LogP) is 4.26. The minimum absolute atomic E-state index is 0.158. The van der Waals surface area contributed by atoms with Crippen molar-refractivity contribution in [3.63, 3.8) is 0 Å². The van der Waals surface area contributed by atoms with Crippen LogP contribution in [-0.2, 0) is 38.0 Å². The molecule has 0 spiro atoms. The van der Waals surface area contributed by atoms with Gasteiger partial charge in [0.05, 0.1) is 19.8 Å². The molecule has 0 amide bonds. The van der Waals surface area contributed by atoms with Crippen LogP contribution in [0.3, 0.4) is 0 Å². The maximum atomic E-state index is 12.9. The van der Waals surface area contributed by atoms with Gasteiger partial charge in [0.25, 0.3) is 0 Å². The van der Waals surface area contributed by atoms with Gasteiger partial charge in [-0.1, -0.05) is 116 Å². The first-order chi connectivity index (χ1) is 28.0. The summed E-state index contributed by atoms with van der Waals surface area (Å²) >= 11 is 0. The lowest BCUT2D eigenvalue weighted by Gasteiger charge is -2.42. The highest BCUT2D eigenvalue weighted by atomic mass is 16.7. The molecule has 0 aromatic rings. The van der Waals surface area contributed by atoms with Gasteiger partial charge in [-0.3, -0.25) is 9.59 Å². The van der Waals surface area contributed by atoms with E-state index in [-0.39, 0.29) is 26.1 Å². The third-order valence-corrected chi connectivity index (χ3v) is 10.7. The minimum atomic E-state index is -1.76. The standard InChI is InChI=1S/C43H78O15/c1-3-5-7-9-11-12-13-14-15-16-17-18-20-22-24-26-35(46)56-31(28-53-34(45)25-23-21-19-10-8-6-4-2)29-54-42-41(52)39(50)37(48)33(58-42)30-55-43-40(51)38(49)36(47)32(27-44)57-43/h14-15,31-33,36-44,47-52H,3-13,16-30H2,1-2H3/b15-14+/t31-,32-,33-,36+,37+,38?,39?,40?,41?,42-,43-/m1/s1. The number of aliphatic hydroxyl groups is 7. The van der Waals surface area contributed by atoms with Crippen molar-refractivity contribution in [1.29, 1.82) is 0 Å². The monoisotopic (exact) mass is 835 g/mol. The quantitative estimate of drug-likeness (QED) is 0.0278. The molecule has 0 aromatic carbocycles. The fourth-order valence-electron chi connectivity index (χ4n) is 6.97. The van der Waals surface area contributed by atoms with Crippen LogP contribution in [0.4, 0.5) is 0 Å². The van der Waals surface area contributed by atoms with E-state index in [0.717, 1.165) is 64.2 Å². The van der Waals surface area contributed by atoms with E-state index in [4.69, 9.17) is 28.4 Å². The van der Waals surface area contributed by atoms with Gasteiger partial charge in [0, 0.05) is 12.8 Å². The Morgan fingerprint density at radius 3 is 1.52 bits per heavy atom. The molecule has 2 rings (SSSR count). The third-order valence-electron chi connectivity index (χ3n) is 10.7. The average molecular weight is 835 g/mol.